The standard InChI is InChI=1S/C9H23N3.H2S.3H2/c1-10-6-3-4-8-12-9-5-7-11-2;;;;/h10-12H,3-9H2,1-2H3;1H2;3*1H. The van der Waals surface area contributed by atoms with Crippen molar-refractivity contribution < 1.29 is 4.28 Å². The molecule has 0 bridgehead atoms. The molecule has 0 aliphatic rings. The zero-order valence-corrected chi connectivity index (χ0v) is 9.95. The van der Waals surface area contributed by atoms with E-state index >= 15 is 0 Å². The molecule has 0 unspecified atom stereocenters. The van der Waals surface area contributed by atoms with E-state index in [9.17, 15) is 0 Å². The van der Waals surface area contributed by atoms with Gasteiger partial charge in [-0.2, -0.15) is 13.5 Å². The van der Waals surface area contributed by atoms with Crippen LogP contribution >= 0.6 is 13.5 Å². The van der Waals surface area contributed by atoms with Crippen LogP contribution in [0.1, 0.15) is 23.5 Å². The van der Waals surface area contributed by atoms with Crippen molar-refractivity contribution >= 4 is 13.5 Å². The predicted octanol–water partition coefficient (Wildman–Crippen LogP) is 1.04. The SMILES string of the molecule is CNCCCCNCCCNC.S.[HH].[HH].[HH]. The van der Waals surface area contributed by atoms with Crippen molar-refractivity contribution in [3.8, 4) is 0 Å². The summed E-state index contributed by atoms with van der Waals surface area (Å²) in [5.74, 6) is 0. The molecule has 3 nitrogen and oxygen atoms in total. The molecule has 0 saturated carbocycles. The lowest BCUT2D eigenvalue weighted by Crippen LogP contribution is -2.21. The van der Waals surface area contributed by atoms with Crippen LogP contribution in [0.15, 0.2) is 0 Å². The van der Waals surface area contributed by atoms with Gasteiger partial charge in [0.2, 0.25) is 0 Å². The van der Waals surface area contributed by atoms with Gasteiger partial charge in [-0.1, -0.05) is 0 Å². The Labute approximate surface area is 94.0 Å². The minimum absolute atomic E-state index is 0. The quantitative estimate of drug-likeness (QED) is 0.501. The van der Waals surface area contributed by atoms with E-state index in [1.54, 1.807) is 0 Å². The number of unbranched alkanes of at least 4 members (excludes halogenated alkanes) is 1. The average molecular weight is 213 g/mol. The Balaban J connectivity index is -0.000000101. The number of nitrogens with one attached hydrogen (secondary N) is 3. The molecule has 0 radical (unpaired) electrons. The van der Waals surface area contributed by atoms with Gasteiger partial charge >= 0.3 is 0 Å². The van der Waals surface area contributed by atoms with E-state index < -0.39 is 0 Å². The van der Waals surface area contributed by atoms with Crippen molar-refractivity contribution in [2.45, 2.75) is 19.3 Å². The first-order chi connectivity index (χ1) is 5.91. The lowest BCUT2D eigenvalue weighted by Gasteiger charge is -2.03. The third kappa shape index (κ3) is 15.0. The molecule has 0 fully saturated rings. The third-order valence-corrected chi connectivity index (χ3v) is 1.81. The Morgan fingerprint density at radius 2 is 1.23 bits per heavy atom. The minimum Gasteiger partial charge on any atom is -0.320 e. The van der Waals surface area contributed by atoms with Crippen molar-refractivity contribution in [1.82, 2.24) is 16.0 Å². The van der Waals surface area contributed by atoms with Crippen LogP contribution in [0, 0.1) is 0 Å². The molecule has 0 heterocycles. The number of rotatable bonds is 9. The van der Waals surface area contributed by atoms with Crippen molar-refractivity contribution in [2.75, 3.05) is 40.3 Å². The van der Waals surface area contributed by atoms with Gasteiger partial charge in [-0.3, -0.25) is 0 Å². The summed E-state index contributed by atoms with van der Waals surface area (Å²) in [5.41, 5.74) is 0. The van der Waals surface area contributed by atoms with Crippen LogP contribution in [-0.2, 0) is 0 Å². The van der Waals surface area contributed by atoms with E-state index in [2.05, 4.69) is 16.0 Å². The molecule has 88 valence electrons. The second-order valence-electron chi connectivity index (χ2n) is 3.02. The van der Waals surface area contributed by atoms with Gasteiger partial charge in [-0.15, -0.1) is 0 Å². The number of hydrogen-bond donors (Lipinski definition) is 3. The monoisotopic (exact) mass is 213 g/mol. The fraction of sp³-hybridized carbons (Fsp3) is 1.00. The molecule has 0 rings (SSSR count). The summed E-state index contributed by atoms with van der Waals surface area (Å²) in [7, 11) is 3.99. The van der Waals surface area contributed by atoms with Gasteiger partial charge in [-0.25, -0.2) is 0 Å². The fourth-order valence-corrected chi connectivity index (χ4v) is 1.07. The molecular formula is C9H31N3S. The maximum atomic E-state index is 3.41. The molecule has 13 heavy (non-hydrogen) atoms. The lowest BCUT2D eigenvalue weighted by molar-refractivity contribution is 0.582. The normalized spacial score (nSPS) is 9.69. The topological polar surface area (TPSA) is 36.1 Å². The highest BCUT2D eigenvalue weighted by molar-refractivity contribution is 7.59. The van der Waals surface area contributed by atoms with E-state index in [1.807, 2.05) is 14.1 Å². The fourth-order valence-electron chi connectivity index (χ4n) is 1.07. The molecule has 4 heteroatoms. The van der Waals surface area contributed by atoms with Crippen molar-refractivity contribution in [2.24, 2.45) is 0 Å². The number of hydrogen-bond acceptors (Lipinski definition) is 3. The van der Waals surface area contributed by atoms with Gasteiger partial charge in [0.15, 0.2) is 0 Å². The van der Waals surface area contributed by atoms with Gasteiger partial charge in [0.25, 0.3) is 0 Å². The summed E-state index contributed by atoms with van der Waals surface area (Å²) in [6.07, 6.45) is 3.78. The Bertz CT molecular complexity index is 82.4. The minimum atomic E-state index is 0. The molecule has 0 amide bonds. The maximum absolute atomic E-state index is 3.41. The summed E-state index contributed by atoms with van der Waals surface area (Å²) in [5, 5.41) is 9.68. The average Bonchev–Trinajstić information content (AvgIpc) is 2.10. The van der Waals surface area contributed by atoms with Crippen LogP contribution in [0.25, 0.3) is 0 Å². The van der Waals surface area contributed by atoms with E-state index in [0.717, 1.165) is 26.2 Å². The highest BCUT2D eigenvalue weighted by atomic mass is 32.1. The molecule has 0 aliphatic heterocycles. The zero-order valence-electron chi connectivity index (χ0n) is 8.95. The van der Waals surface area contributed by atoms with Gasteiger partial charge in [0.1, 0.15) is 0 Å². The van der Waals surface area contributed by atoms with Crippen LogP contribution in [0.5, 0.6) is 0 Å². The predicted molar refractivity (Wildman–Crippen MR) is 71.3 cm³/mol. The molecular weight excluding hydrogens is 182 g/mol. The Hall–Kier alpha value is 0.230. The van der Waals surface area contributed by atoms with Gasteiger partial charge < -0.3 is 16.0 Å². The highest BCUT2D eigenvalue weighted by Gasteiger charge is 1.87. The first-order valence-electron chi connectivity index (χ1n) is 4.91. The van der Waals surface area contributed by atoms with Gasteiger partial charge in [0.05, 0.1) is 0 Å². The summed E-state index contributed by atoms with van der Waals surface area (Å²) < 4.78 is 0. The first kappa shape index (κ1) is 15.7. The van der Waals surface area contributed by atoms with E-state index in [1.165, 1.54) is 19.3 Å². The van der Waals surface area contributed by atoms with Crippen LogP contribution in [0.2, 0.25) is 0 Å². The van der Waals surface area contributed by atoms with E-state index in [-0.39, 0.29) is 17.8 Å². The zero-order chi connectivity index (χ0) is 9.07. The summed E-state index contributed by atoms with van der Waals surface area (Å²) in [6, 6.07) is 0. The smallest absolute Gasteiger partial charge is 0 e. The maximum Gasteiger partial charge on any atom is 0 e. The van der Waals surface area contributed by atoms with Gasteiger partial charge in [-0.05, 0) is 59.5 Å². The molecule has 0 saturated heterocycles. The molecule has 0 spiro atoms. The first-order valence-corrected chi connectivity index (χ1v) is 4.91. The van der Waals surface area contributed by atoms with Crippen LogP contribution in [-0.4, -0.2) is 40.3 Å². The Morgan fingerprint density at radius 1 is 0.769 bits per heavy atom. The Morgan fingerprint density at radius 3 is 1.85 bits per heavy atom. The van der Waals surface area contributed by atoms with Gasteiger partial charge in [0, 0.05) is 4.28 Å². The molecule has 0 aromatic heterocycles. The molecule has 0 aromatic rings. The molecule has 3 N–H and O–H groups in total. The largest absolute Gasteiger partial charge is 0.320 e. The Kier molecular flexibility index (Phi) is 17.8. The van der Waals surface area contributed by atoms with Crippen molar-refractivity contribution in [3.63, 3.8) is 0 Å². The highest BCUT2D eigenvalue weighted by Crippen LogP contribution is 1.83. The van der Waals surface area contributed by atoms with Crippen molar-refractivity contribution in [1.29, 1.82) is 0 Å². The van der Waals surface area contributed by atoms with E-state index in [4.69, 9.17) is 0 Å². The second kappa shape index (κ2) is 14.7. The molecule has 0 aromatic carbocycles. The van der Waals surface area contributed by atoms with Crippen molar-refractivity contribution in [3.05, 3.63) is 0 Å². The summed E-state index contributed by atoms with van der Waals surface area (Å²) >= 11 is 0. The summed E-state index contributed by atoms with van der Waals surface area (Å²) in [4.78, 5) is 0. The molecule has 0 aliphatic carbocycles. The molecule has 0 atom stereocenters. The summed E-state index contributed by atoms with van der Waals surface area (Å²) in [6.45, 7) is 4.55. The van der Waals surface area contributed by atoms with E-state index in [0.29, 0.717) is 0 Å². The van der Waals surface area contributed by atoms with Crippen LogP contribution in [0.4, 0.5) is 0 Å². The van der Waals surface area contributed by atoms with Crippen LogP contribution in [0.3, 0.4) is 0 Å². The van der Waals surface area contributed by atoms with Crippen LogP contribution < -0.4 is 16.0 Å². The third-order valence-electron chi connectivity index (χ3n) is 1.81. The lowest BCUT2D eigenvalue weighted by atomic mass is 10.3. The second-order valence-corrected chi connectivity index (χ2v) is 3.02.